The van der Waals surface area contributed by atoms with Crippen molar-refractivity contribution < 1.29 is 18.5 Å². The first-order valence-corrected chi connectivity index (χ1v) is 7.85. The maximum absolute atomic E-state index is 11.4. The fourth-order valence-corrected chi connectivity index (χ4v) is 2.56. The average molecular weight is 340 g/mol. The molecule has 1 aliphatic rings. The Kier molecular flexibility index (Phi) is 3.95. The number of benzene rings is 1. The van der Waals surface area contributed by atoms with E-state index in [1.54, 1.807) is 18.4 Å². The Morgan fingerprint density at radius 1 is 1.36 bits per heavy atom. The molecule has 0 spiro atoms. The van der Waals surface area contributed by atoms with Crippen LogP contribution < -0.4 is 15.4 Å². The molecule has 0 unspecified atom stereocenters. The minimum atomic E-state index is -0.151. The van der Waals surface area contributed by atoms with Gasteiger partial charge >= 0.3 is 0 Å². The van der Waals surface area contributed by atoms with Gasteiger partial charge in [-0.05, 0) is 36.8 Å². The highest BCUT2D eigenvalue weighted by Crippen LogP contribution is 2.30. The van der Waals surface area contributed by atoms with Crippen molar-refractivity contribution in [3.05, 3.63) is 48.0 Å². The highest BCUT2D eigenvalue weighted by molar-refractivity contribution is 5.95. The molecule has 8 nitrogen and oxygen atoms in total. The predicted octanol–water partition coefficient (Wildman–Crippen LogP) is 2.51. The van der Waals surface area contributed by atoms with Gasteiger partial charge in [0.05, 0.1) is 18.5 Å². The Bertz CT molecular complexity index is 888. The Balaban J connectivity index is 1.41. The molecule has 4 rings (SSSR count). The summed E-state index contributed by atoms with van der Waals surface area (Å²) in [5.74, 6) is 1.97. The number of nitrogens with one attached hydrogen (secondary N) is 2. The number of hydrogen-bond acceptors (Lipinski definition) is 7. The smallest absolute Gasteiger partial charge is 0.262 e. The molecule has 0 saturated carbocycles. The van der Waals surface area contributed by atoms with E-state index in [0.29, 0.717) is 35.5 Å². The number of rotatable bonds is 5. The third kappa shape index (κ3) is 3.24. The van der Waals surface area contributed by atoms with Crippen LogP contribution in [0, 0.1) is 0 Å². The number of fused-ring (bicyclic) bond motifs is 1. The molecule has 3 heterocycles. The lowest BCUT2D eigenvalue weighted by molar-refractivity contribution is -0.118. The van der Waals surface area contributed by atoms with E-state index in [2.05, 4.69) is 20.8 Å². The first-order chi connectivity index (χ1) is 12.2. The second-order valence-electron chi connectivity index (χ2n) is 5.68. The monoisotopic (exact) mass is 340 g/mol. The molecule has 0 saturated heterocycles. The van der Waals surface area contributed by atoms with Crippen molar-refractivity contribution in [3.8, 4) is 17.3 Å². The Morgan fingerprint density at radius 3 is 3.12 bits per heavy atom. The Labute approximate surface area is 143 Å². The molecule has 1 atom stereocenters. The molecular weight excluding hydrogens is 324 g/mol. The number of ether oxygens (including phenoxy) is 1. The van der Waals surface area contributed by atoms with Crippen LogP contribution in [0.25, 0.3) is 11.6 Å². The molecule has 0 radical (unpaired) electrons. The Morgan fingerprint density at radius 2 is 2.28 bits per heavy atom. The number of carbonyl (C=O) groups is 1. The summed E-state index contributed by atoms with van der Waals surface area (Å²) in [7, 11) is 0. The molecule has 0 aliphatic carbocycles. The fraction of sp³-hybridized carbons (Fsp3) is 0.235. The van der Waals surface area contributed by atoms with Gasteiger partial charge in [-0.15, -0.1) is 0 Å². The maximum Gasteiger partial charge on any atom is 0.262 e. The van der Waals surface area contributed by atoms with E-state index in [1.165, 1.54) is 0 Å². The summed E-state index contributed by atoms with van der Waals surface area (Å²) in [5, 5.41) is 10.0. The second kappa shape index (κ2) is 6.40. The van der Waals surface area contributed by atoms with Gasteiger partial charge in [-0.2, -0.15) is 4.98 Å². The fourth-order valence-electron chi connectivity index (χ4n) is 2.56. The number of nitrogens with zero attached hydrogens (tertiary/aromatic N) is 2. The van der Waals surface area contributed by atoms with E-state index in [9.17, 15) is 4.79 Å². The summed E-state index contributed by atoms with van der Waals surface area (Å²) in [5.41, 5.74) is 1.69. The molecule has 0 fully saturated rings. The summed E-state index contributed by atoms with van der Waals surface area (Å²) < 4.78 is 15.8. The van der Waals surface area contributed by atoms with Gasteiger partial charge in [0.15, 0.2) is 12.4 Å². The molecule has 3 aromatic rings. The number of amides is 1. The van der Waals surface area contributed by atoms with Gasteiger partial charge < -0.3 is 24.3 Å². The van der Waals surface area contributed by atoms with Gasteiger partial charge in [0.25, 0.3) is 5.91 Å². The molecule has 0 bridgehead atoms. The van der Waals surface area contributed by atoms with Crippen LogP contribution in [0.2, 0.25) is 0 Å². The first-order valence-electron chi connectivity index (χ1n) is 7.85. The zero-order valence-corrected chi connectivity index (χ0v) is 13.5. The molecule has 2 aromatic heterocycles. The van der Waals surface area contributed by atoms with E-state index in [1.807, 2.05) is 25.1 Å². The van der Waals surface area contributed by atoms with E-state index in [-0.39, 0.29) is 18.6 Å². The van der Waals surface area contributed by atoms with E-state index < -0.39 is 0 Å². The van der Waals surface area contributed by atoms with Crippen LogP contribution in [-0.2, 0) is 11.3 Å². The number of hydrogen-bond donors (Lipinski definition) is 2. The van der Waals surface area contributed by atoms with Crippen molar-refractivity contribution in [2.24, 2.45) is 0 Å². The van der Waals surface area contributed by atoms with Crippen molar-refractivity contribution in [1.82, 2.24) is 15.5 Å². The van der Waals surface area contributed by atoms with E-state index >= 15 is 0 Å². The van der Waals surface area contributed by atoms with Gasteiger partial charge in [0.1, 0.15) is 5.75 Å². The Hall–Kier alpha value is -3.13. The number of aromatic nitrogens is 2. The molecule has 128 valence electrons. The van der Waals surface area contributed by atoms with E-state index in [4.69, 9.17) is 13.7 Å². The van der Waals surface area contributed by atoms with Crippen LogP contribution >= 0.6 is 0 Å². The lowest BCUT2D eigenvalue weighted by Crippen LogP contribution is -2.26. The van der Waals surface area contributed by atoms with Crippen LogP contribution in [0.5, 0.6) is 5.75 Å². The standard InChI is InChI=1S/C17H16N4O4/c1-10(11-4-5-13-12(7-11)19-15(22)9-24-13)18-8-16-20-17(21-25-16)14-3-2-6-23-14/h2-7,10,18H,8-9H2,1H3,(H,19,22)/t10-/m1/s1. The number of anilines is 1. The minimum absolute atomic E-state index is 0.0168. The van der Waals surface area contributed by atoms with Crippen molar-refractivity contribution in [1.29, 1.82) is 0 Å². The van der Waals surface area contributed by atoms with Gasteiger partial charge in [0.2, 0.25) is 11.7 Å². The molecule has 1 aliphatic heterocycles. The van der Waals surface area contributed by atoms with Crippen LogP contribution in [0.3, 0.4) is 0 Å². The van der Waals surface area contributed by atoms with Gasteiger partial charge in [0, 0.05) is 6.04 Å². The van der Waals surface area contributed by atoms with Crippen molar-refractivity contribution in [2.45, 2.75) is 19.5 Å². The molecule has 8 heteroatoms. The number of carbonyl (C=O) groups excluding carboxylic acids is 1. The van der Waals surface area contributed by atoms with Crippen LogP contribution in [0.1, 0.15) is 24.4 Å². The summed E-state index contributed by atoms with van der Waals surface area (Å²) in [6.45, 7) is 2.47. The zero-order valence-electron chi connectivity index (χ0n) is 13.5. The van der Waals surface area contributed by atoms with Crippen LogP contribution in [0.15, 0.2) is 45.5 Å². The third-order valence-electron chi connectivity index (χ3n) is 3.91. The quantitative estimate of drug-likeness (QED) is 0.735. The molecule has 1 amide bonds. The van der Waals surface area contributed by atoms with Gasteiger partial charge in [-0.3, -0.25) is 4.79 Å². The lowest BCUT2D eigenvalue weighted by atomic mass is 10.1. The normalized spacial score (nSPS) is 14.5. The average Bonchev–Trinajstić information content (AvgIpc) is 3.30. The minimum Gasteiger partial charge on any atom is -0.482 e. The highest BCUT2D eigenvalue weighted by atomic mass is 16.5. The maximum atomic E-state index is 11.4. The molecule has 25 heavy (non-hydrogen) atoms. The summed E-state index contributed by atoms with van der Waals surface area (Å²) in [6, 6.07) is 9.26. The van der Waals surface area contributed by atoms with Crippen molar-refractivity contribution in [3.63, 3.8) is 0 Å². The SMILES string of the molecule is C[C@@H](NCc1nc(-c2ccco2)no1)c1ccc2c(c1)NC(=O)CO2. The summed E-state index contributed by atoms with van der Waals surface area (Å²) in [6.07, 6.45) is 1.56. The largest absolute Gasteiger partial charge is 0.482 e. The van der Waals surface area contributed by atoms with Gasteiger partial charge in [-0.1, -0.05) is 11.2 Å². The van der Waals surface area contributed by atoms with Crippen LogP contribution in [-0.4, -0.2) is 22.7 Å². The van der Waals surface area contributed by atoms with Crippen molar-refractivity contribution >= 4 is 11.6 Å². The van der Waals surface area contributed by atoms with E-state index in [0.717, 1.165) is 5.56 Å². The van der Waals surface area contributed by atoms with Crippen LogP contribution in [0.4, 0.5) is 5.69 Å². The highest BCUT2D eigenvalue weighted by Gasteiger charge is 2.18. The molecule has 2 N–H and O–H groups in total. The summed E-state index contributed by atoms with van der Waals surface area (Å²) in [4.78, 5) is 15.7. The van der Waals surface area contributed by atoms with Gasteiger partial charge in [-0.25, -0.2) is 0 Å². The second-order valence-corrected chi connectivity index (χ2v) is 5.68. The predicted molar refractivity (Wildman–Crippen MR) is 87.8 cm³/mol. The third-order valence-corrected chi connectivity index (χ3v) is 3.91. The molecular formula is C17H16N4O4. The first kappa shape index (κ1) is 15.4. The number of furan rings is 1. The van der Waals surface area contributed by atoms with Crippen molar-refractivity contribution in [2.75, 3.05) is 11.9 Å². The zero-order chi connectivity index (χ0) is 17.2. The lowest BCUT2D eigenvalue weighted by Gasteiger charge is -2.20. The molecule has 1 aromatic carbocycles. The topological polar surface area (TPSA) is 102 Å². The summed E-state index contributed by atoms with van der Waals surface area (Å²) >= 11 is 0.